The highest BCUT2D eigenvalue weighted by atomic mass is 79.9. The second-order valence-electron chi connectivity index (χ2n) is 13.4. The fraction of sp³-hybridized carbons (Fsp3) is 0.432. The van der Waals surface area contributed by atoms with Gasteiger partial charge in [-0.05, 0) is 107 Å². The number of amides is 4. The number of halogens is 2. The molecule has 52 heavy (non-hydrogen) atoms. The smallest absolute Gasteiger partial charge is 0.408 e. The molecule has 0 bridgehead atoms. The standard InChI is InChI=1S/C37H46Br2N6O7/c1-37(2,3)52-36(50)43-31(23-26-21-28(38)32(46)29(39)22-26)33(47)42-30(11-7-8-14-41-35(49)51-24-25-9-5-4-6-10-25)34(48)45-19-17-44(18-20-45)27-12-15-40-16-13-27/h4-6,9-10,12-13,15-16,21-22,30-31,46H,7-8,11,14,17-20,23-24H2,1-3H3,(H,41,49)(H,42,47)(H,43,50)/t30-,31-/m0/s1. The van der Waals surface area contributed by atoms with Crippen LogP contribution in [0.2, 0.25) is 0 Å². The molecular weight excluding hydrogens is 800 g/mol. The molecule has 1 aromatic heterocycles. The number of nitrogens with zero attached hydrogens (tertiary/aromatic N) is 3. The van der Waals surface area contributed by atoms with Crippen molar-refractivity contribution in [3.63, 3.8) is 0 Å². The summed E-state index contributed by atoms with van der Waals surface area (Å²) < 4.78 is 11.6. The third-order valence-electron chi connectivity index (χ3n) is 8.16. The summed E-state index contributed by atoms with van der Waals surface area (Å²) in [6.45, 7) is 7.76. The number of nitrogens with one attached hydrogen (secondary N) is 3. The first-order valence-corrected chi connectivity index (χ1v) is 18.7. The SMILES string of the molecule is CC(C)(C)OC(=O)N[C@@H](Cc1cc(Br)c(O)c(Br)c1)C(=O)N[C@@H](CCCCNC(=O)OCc1ccccc1)C(=O)N1CCN(c2ccncc2)CC1. The lowest BCUT2D eigenvalue weighted by Crippen LogP contribution is -2.58. The van der Waals surface area contributed by atoms with Crippen molar-refractivity contribution in [2.45, 2.75) is 70.7 Å². The molecule has 0 unspecified atom stereocenters. The van der Waals surface area contributed by atoms with Gasteiger partial charge >= 0.3 is 12.2 Å². The fourth-order valence-corrected chi connectivity index (χ4v) is 6.84. The van der Waals surface area contributed by atoms with Gasteiger partial charge in [-0.1, -0.05) is 30.3 Å². The predicted molar refractivity (Wildman–Crippen MR) is 204 cm³/mol. The van der Waals surface area contributed by atoms with Gasteiger partial charge in [0.25, 0.3) is 0 Å². The monoisotopic (exact) mass is 844 g/mol. The first-order valence-electron chi connectivity index (χ1n) is 17.1. The molecule has 2 heterocycles. The first kappa shape index (κ1) is 40.4. The number of anilines is 1. The van der Waals surface area contributed by atoms with Gasteiger partial charge in [0, 0.05) is 57.2 Å². The molecule has 3 aromatic rings. The average Bonchev–Trinajstić information content (AvgIpc) is 3.11. The zero-order valence-electron chi connectivity index (χ0n) is 29.6. The number of phenols is 1. The summed E-state index contributed by atoms with van der Waals surface area (Å²) in [6.07, 6.45) is 3.51. The van der Waals surface area contributed by atoms with E-state index in [9.17, 15) is 24.3 Å². The van der Waals surface area contributed by atoms with Gasteiger partial charge in [0.2, 0.25) is 11.8 Å². The maximum Gasteiger partial charge on any atom is 0.408 e. The summed E-state index contributed by atoms with van der Waals surface area (Å²) in [7, 11) is 0. The molecule has 1 saturated heterocycles. The van der Waals surface area contributed by atoms with Gasteiger partial charge in [0.05, 0.1) is 8.95 Å². The number of carbonyl (C=O) groups is 4. The molecule has 4 amide bonds. The maximum absolute atomic E-state index is 14.0. The number of hydrogen-bond acceptors (Lipinski definition) is 9. The number of unbranched alkanes of at least 4 members (excludes halogenated alkanes) is 1. The molecule has 0 aliphatic carbocycles. The van der Waals surface area contributed by atoms with Crippen molar-refractivity contribution in [1.82, 2.24) is 25.8 Å². The minimum Gasteiger partial charge on any atom is -0.506 e. The Kier molecular flexibility index (Phi) is 15.1. The third-order valence-corrected chi connectivity index (χ3v) is 9.37. The number of rotatable bonds is 14. The Hall–Kier alpha value is -4.37. The molecule has 4 N–H and O–H groups in total. The molecule has 15 heteroatoms. The van der Waals surface area contributed by atoms with E-state index in [0.29, 0.717) is 66.5 Å². The zero-order chi connectivity index (χ0) is 37.7. The van der Waals surface area contributed by atoms with E-state index in [2.05, 4.69) is 57.7 Å². The summed E-state index contributed by atoms with van der Waals surface area (Å²) in [5.41, 5.74) is 1.72. The van der Waals surface area contributed by atoms with Crippen LogP contribution >= 0.6 is 31.9 Å². The topological polar surface area (TPSA) is 162 Å². The number of phenolic OH excluding ortho intramolecular Hbond substituents is 1. The molecule has 1 fully saturated rings. The van der Waals surface area contributed by atoms with Gasteiger partial charge in [-0.3, -0.25) is 14.6 Å². The van der Waals surface area contributed by atoms with E-state index >= 15 is 0 Å². The number of piperazine rings is 1. The van der Waals surface area contributed by atoms with Crippen molar-refractivity contribution in [1.29, 1.82) is 0 Å². The number of carbonyl (C=O) groups excluding carboxylic acids is 4. The normalized spacial score (nSPS) is 14.2. The molecule has 2 aromatic carbocycles. The number of pyridine rings is 1. The summed E-state index contributed by atoms with van der Waals surface area (Å²) in [5.74, 6) is -0.801. The van der Waals surface area contributed by atoms with Gasteiger partial charge in [-0.15, -0.1) is 0 Å². The second kappa shape index (κ2) is 19.5. The summed E-state index contributed by atoms with van der Waals surface area (Å²) in [6, 6.07) is 14.5. The van der Waals surface area contributed by atoms with E-state index in [1.165, 1.54) is 0 Å². The number of aromatic nitrogens is 1. The van der Waals surface area contributed by atoms with Crippen LogP contribution in [0.3, 0.4) is 0 Å². The Morgan fingerprint density at radius 1 is 0.865 bits per heavy atom. The van der Waals surface area contributed by atoms with Crippen molar-refractivity contribution < 1.29 is 33.8 Å². The minimum absolute atomic E-state index is 0.00140. The molecule has 13 nitrogen and oxygen atoms in total. The van der Waals surface area contributed by atoms with Crippen LogP contribution in [0.5, 0.6) is 5.75 Å². The molecule has 0 radical (unpaired) electrons. The summed E-state index contributed by atoms with van der Waals surface area (Å²) >= 11 is 6.65. The van der Waals surface area contributed by atoms with Crippen molar-refractivity contribution in [2.24, 2.45) is 0 Å². The van der Waals surface area contributed by atoms with Crippen LogP contribution in [0.15, 0.2) is 75.9 Å². The lowest BCUT2D eigenvalue weighted by Gasteiger charge is -2.38. The van der Waals surface area contributed by atoms with Crippen molar-refractivity contribution in [3.05, 3.63) is 87.1 Å². The molecule has 4 rings (SSSR count). The van der Waals surface area contributed by atoms with Crippen molar-refractivity contribution in [2.75, 3.05) is 37.6 Å². The molecule has 1 aliphatic rings. The molecule has 280 valence electrons. The summed E-state index contributed by atoms with van der Waals surface area (Å²) in [5, 5.41) is 18.5. The van der Waals surface area contributed by atoms with E-state index in [-0.39, 0.29) is 24.7 Å². The van der Waals surface area contributed by atoms with E-state index < -0.39 is 35.8 Å². The van der Waals surface area contributed by atoms with Crippen molar-refractivity contribution >= 4 is 61.5 Å². The Morgan fingerprint density at radius 2 is 1.52 bits per heavy atom. The predicted octanol–water partition coefficient (Wildman–Crippen LogP) is 5.68. The lowest BCUT2D eigenvalue weighted by molar-refractivity contribution is -0.137. The highest BCUT2D eigenvalue weighted by molar-refractivity contribution is 9.11. The third kappa shape index (κ3) is 13.0. The van der Waals surface area contributed by atoms with Crippen LogP contribution in [0, 0.1) is 0 Å². The number of aromatic hydroxyl groups is 1. The van der Waals surface area contributed by atoms with Crippen LogP contribution in [-0.2, 0) is 32.1 Å². The maximum atomic E-state index is 14.0. The quantitative estimate of drug-likeness (QED) is 0.150. The number of hydrogen-bond donors (Lipinski definition) is 4. The zero-order valence-corrected chi connectivity index (χ0v) is 32.7. The van der Waals surface area contributed by atoms with Crippen LogP contribution < -0.4 is 20.9 Å². The fourth-order valence-electron chi connectivity index (χ4n) is 5.56. The largest absolute Gasteiger partial charge is 0.506 e. The molecule has 0 saturated carbocycles. The average molecular weight is 847 g/mol. The van der Waals surface area contributed by atoms with Crippen LogP contribution in [0.4, 0.5) is 15.3 Å². The highest BCUT2D eigenvalue weighted by Gasteiger charge is 2.32. The molecule has 1 aliphatic heterocycles. The molecule has 2 atom stereocenters. The van der Waals surface area contributed by atoms with Gasteiger partial charge in [0.15, 0.2) is 0 Å². The van der Waals surface area contributed by atoms with E-state index in [0.717, 1.165) is 11.3 Å². The molecular formula is C37H46Br2N6O7. The first-order chi connectivity index (χ1) is 24.8. The minimum atomic E-state index is -1.11. The van der Waals surface area contributed by atoms with Crippen LogP contribution in [-0.4, -0.2) is 89.4 Å². The van der Waals surface area contributed by atoms with E-state index in [4.69, 9.17) is 9.47 Å². The van der Waals surface area contributed by atoms with Crippen LogP contribution in [0.25, 0.3) is 0 Å². The highest BCUT2D eigenvalue weighted by Crippen LogP contribution is 2.33. The van der Waals surface area contributed by atoms with Gasteiger partial charge in [-0.25, -0.2) is 9.59 Å². The Labute approximate surface area is 321 Å². The van der Waals surface area contributed by atoms with Gasteiger partial charge in [0.1, 0.15) is 30.0 Å². The number of ether oxygens (including phenoxy) is 2. The van der Waals surface area contributed by atoms with E-state index in [1.54, 1.807) is 50.2 Å². The van der Waals surface area contributed by atoms with Crippen LogP contribution in [0.1, 0.15) is 51.2 Å². The number of benzene rings is 2. The Balaban J connectivity index is 1.43. The van der Waals surface area contributed by atoms with Gasteiger partial charge in [-0.2, -0.15) is 0 Å². The lowest BCUT2D eigenvalue weighted by atomic mass is 10.0. The Morgan fingerprint density at radius 3 is 2.15 bits per heavy atom. The summed E-state index contributed by atoms with van der Waals surface area (Å²) in [4.78, 5) is 61.1. The molecule has 0 spiro atoms. The second-order valence-corrected chi connectivity index (χ2v) is 15.1. The number of alkyl carbamates (subject to hydrolysis) is 2. The van der Waals surface area contributed by atoms with E-state index in [1.807, 2.05) is 42.5 Å². The van der Waals surface area contributed by atoms with Gasteiger partial charge < -0.3 is 40.3 Å². The Bertz CT molecular complexity index is 1630. The van der Waals surface area contributed by atoms with Crippen molar-refractivity contribution in [3.8, 4) is 5.75 Å².